The summed E-state index contributed by atoms with van der Waals surface area (Å²) in [4.78, 5) is 15.1. The molecule has 0 unspecified atom stereocenters. The summed E-state index contributed by atoms with van der Waals surface area (Å²) in [5.74, 6) is 3.62. The first-order valence-corrected chi connectivity index (χ1v) is 21.0. The minimum Gasteiger partial charge on any atom is -0.457 e. The van der Waals surface area contributed by atoms with Gasteiger partial charge in [0.15, 0.2) is 17.5 Å². The van der Waals surface area contributed by atoms with E-state index in [-0.39, 0.29) is 0 Å². The lowest BCUT2D eigenvalue weighted by atomic mass is 9.66. The van der Waals surface area contributed by atoms with Crippen molar-refractivity contribution in [3.05, 3.63) is 247 Å². The predicted molar refractivity (Wildman–Crippen MR) is 250 cm³/mol. The Morgan fingerprint density at radius 1 is 0.258 bits per heavy atom. The number of hydrogen-bond acceptors (Lipinski definition) is 4. The largest absolute Gasteiger partial charge is 0.457 e. The van der Waals surface area contributed by atoms with E-state index < -0.39 is 5.41 Å². The normalized spacial score (nSPS) is 12.8. The Kier molecular flexibility index (Phi) is 8.36. The van der Waals surface area contributed by atoms with E-state index in [1.54, 1.807) is 0 Å². The number of para-hydroxylation sites is 1. The number of fused-ring (bicyclic) bond motifs is 9. The number of rotatable bonds is 6. The Balaban J connectivity index is 0.891. The lowest BCUT2D eigenvalue weighted by Gasteiger charge is -2.39. The average molecular weight is 792 g/mol. The number of benzene rings is 9. The number of hydrogen-bond donors (Lipinski definition) is 0. The first kappa shape index (κ1) is 35.7. The summed E-state index contributed by atoms with van der Waals surface area (Å²) in [6.45, 7) is 0. The van der Waals surface area contributed by atoms with Crippen LogP contribution in [0.3, 0.4) is 0 Å². The van der Waals surface area contributed by atoms with Gasteiger partial charge in [0.1, 0.15) is 11.5 Å². The van der Waals surface area contributed by atoms with Crippen molar-refractivity contribution >= 4 is 0 Å². The molecule has 1 aliphatic heterocycles. The molecule has 62 heavy (non-hydrogen) atoms. The number of nitrogens with zero attached hydrogens (tertiary/aromatic N) is 3. The van der Waals surface area contributed by atoms with E-state index in [2.05, 4.69) is 188 Å². The van der Waals surface area contributed by atoms with Crippen LogP contribution in [0.4, 0.5) is 0 Å². The maximum Gasteiger partial charge on any atom is 0.164 e. The van der Waals surface area contributed by atoms with Gasteiger partial charge in [-0.1, -0.05) is 212 Å². The van der Waals surface area contributed by atoms with Gasteiger partial charge in [-0.2, -0.15) is 0 Å². The van der Waals surface area contributed by atoms with Crippen LogP contribution in [-0.4, -0.2) is 15.0 Å². The summed E-state index contributed by atoms with van der Waals surface area (Å²) < 4.78 is 6.79. The molecule has 12 rings (SSSR count). The van der Waals surface area contributed by atoms with Crippen molar-refractivity contribution in [1.82, 2.24) is 15.0 Å². The van der Waals surface area contributed by atoms with Crippen molar-refractivity contribution in [1.29, 1.82) is 0 Å². The highest BCUT2D eigenvalue weighted by molar-refractivity contribution is 5.89. The van der Waals surface area contributed by atoms with E-state index in [1.165, 1.54) is 38.9 Å². The summed E-state index contributed by atoms with van der Waals surface area (Å²) in [5, 5.41) is 0. The third-order valence-electron chi connectivity index (χ3n) is 12.5. The van der Waals surface area contributed by atoms with Crippen molar-refractivity contribution in [3.63, 3.8) is 0 Å². The zero-order valence-electron chi connectivity index (χ0n) is 33.6. The second kappa shape index (κ2) is 14.5. The summed E-state index contributed by atoms with van der Waals surface area (Å²) in [6.07, 6.45) is 0. The topological polar surface area (TPSA) is 47.9 Å². The molecule has 2 heterocycles. The first-order chi connectivity index (χ1) is 30.7. The molecular weight excluding hydrogens is 755 g/mol. The standard InChI is InChI=1S/C58H37N3O/c1-3-13-38(14-4-1)39-23-25-40(26-24-39)41-27-31-44(32-28-41)56-59-55(43-15-5-2-6-16-43)60-57(61-56)45-33-29-42(30-34-45)46-35-36-52-54(37-46)62-53-22-12-11-21-51(53)58(52)49-19-9-7-17-47(49)48-18-8-10-20-50(48)58/h1-37H. The molecule has 0 N–H and O–H groups in total. The van der Waals surface area contributed by atoms with E-state index in [9.17, 15) is 0 Å². The molecule has 4 nitrogen and oxygen atoms in total. The molecule has 2 aliphatic rings. The van der Waals surface area contributed by atoms with Crippen molar-refractivity contribution in [2.24, 2.45) is 0 Å². The zero-order chi connectivity index (χ0) is 41.0. The van der Waals surface area contributed by atoms with Crippen LogP contribution in [0.5, 0.6) is 11.5 Å². The van der Waals surface area contributed by atoms with Crippen molar-refractivity contribution in [3.8, 4) is 90.2 Å². The van der Waals surface area contributed by atoms with Crippen LogP contribution >= 0.6 is 0 Å². The molecule has 0 atom stereocenters. The Morgan fingerprint density at radius 3 is 1.11 bits per heavy atom. The van der Waals surface area contributed by atoms with E-state index >= 15 is 0 Å². The van der Waals surface area contributed by atoms with E-state index in [0.29, 0.717) is 17.5 Å². The lowest BCUT2D eigenvalue weighted by Crippen LogP contribution is -2.32. The molecule has 0 bridgehead atoms. The summed E-state index contributed by atoms with van der Waals surface area (Å²) in [7, 11) is 0. The SMILES string of the molecule is c1ccc(-c2ccc(-c3ccc(-c4nc(-c5ccccc5)nc(-c5ccc(-c6ccc7c(c6)Oc6ccccc6C76c7ccccc7-c7ccccc76)cc5)n4)cc3)cc2)cc1. The van der Waals surface area contributed by atoms with Crippen LogP contribution in [0.15, 0.2) is 224 Å². The molecule has 4 heteroatoms. The molecule has 1 spiro atoms. The van der Waals surface area contributed by atoms with E-state index in [0.717, 1.165) is 56.0 Å². The molecule has 290 valence electrons. The van der Waals surface area contributed by atoms with Gasteiger partial charge in [-0.25, -0.2) is 15.0 Å². The van der Waals surface area contributed by atoms with E-state index in [4.69, 9.17) is 19.7 Å². The molecule has 0 saturated carbocycles. The van der Waals surface area contributed by atoms with Gasteiger partial charge in [-0.3, -0.25) is 0 Å². The second-order valence-corrected chi connectivity index (χ2v) is 15.9. The highest BCUT2D eigenvalue weighted by Crippen LogP contribution is 2.62. The maximum atomic E-state index is 6.79. The fourth-order valence-corrected chi connectivity index (χ4v) is 9.50. The quantitative estimate of drug-likeness (QED) is 0.168. The van der Waals surface area contributed by atoms with Gasteiger partial charge in [0, 0.05) is 27.8 Å². The van der Waals surface area contributed by atoms with E-state index in [1.807, 2.05) is 36.4 Å². The summed E-state index contributed by atoms with van der Waals surface area (Å²) >= 11 is 0. The second-order valence-electron chi connectivity index (χ2n) is 15.9. The molecule has 0 amide bonds. The average Bonchev–Trinajstić information content (AvgIpc) is 3.65. The molecule has 10 aromatic rings. The Labute approximate surface area is 360 Å². The smallest absolute Gasteiger partial charge is 0.164 e. The zero-order valence-corrected chi connectivity index (χ0v) is 33.6. The van der Waals surface area contributed by atoms with Gasteiger partial charge in [0.05, 0.1) is 5.41 Å². The predicted octanol–water partition coefficient (Wildman–Crippen LogP) is 14.3. The van der Waals surface area contributed by atoms with Crippen LogP contribution < -0.4 is 4.74 Å². The molecule has 0 fully saturated rings. The first-order valence-electron chi connectivity index (χ1n) is 21.0. The highest BCUT2D eigenvalue weighted by Gasteiger charge is 2.50. The van der Waals surface area contributed by atoms with Gasteiger partial charge in [0.2, 0.25) is 0 Å². The van der Waals surface area contributed by atoms with Gasteiger partial charge >= 0.3 is 0 Å². The fraction of sp³-hybridized carbons (Fsp3) is 0.0172. The third kappa shape index (κ3) is 5.80. The minimum atomic E-state index is -0.485. The Morgan fingerprint density at radius 2 is 0.597 bits per heavy atom. The molecule has 0 saturated heterocycles. The van der Waals surface area contributed by atoms with Crippen molar-refractivity contribution in [2.45, 2.75) is 5.41 Å². The fourth-order valence-electron chi connectivity index (χ4n) is 9.50. The molecule has 9 aromatic carbocycles. The van der Waals surface area contributed by atoms with Crippen LogP contribution in [0, 0.1) is 0 Å². The molecular formula is C58H37N3O. The van der Waals surface area contributed by atoms with Gasteiger partial charge in [0.25, 0.3) is 0 Å². The van der Waals surface area contributed by atoms with Gasteiger partial charge in [-0.05, 0) is 67.8 Å². The monoisotopic (exact) mass is 791 g/mol. The van der Waals surface area contributed by atoms with Crippen LogP contribution in [0.1, 0.15) is 22.3 Å². The number of ether oxygens (including phenoxy) is 1. The molecule has 1 aliphatic carbocycles. The van der Waals surface area contributed by atoms with Crippen molar-refractivity contribution < 1.29 is 4.74 Å². The minimum absolute atomic E-state index is 0.485. The summed E-state index contributed by atoms with van der Waals surface area (Å²) in [5.41, 5.74) is 16.5. The van der Waals surface area contributed by atoms with Crippen molar-refractivity contribution in [2.75, 3.05) is 0 Å². The van der Waals surface area contributed by atoms with Gasteiger partial charge in [-0.15, -0.1) is 0 Å². The molecule has 1 aromatic heterocycles. The maximum absolute atomic E-state index is 6.79. The highest BCUT2D eigenvalue weighted by atomic mass is 16.5. The third-order valence-corrected chi connectivity index (χ3v) is 12.5. The summed E-state index contributed by atoms with van der Waals surface area (Å²) in [6, 6.07) is 79.1. The van der Waals surface area contributed by atoms with Crippen LogP contribution in [-0.2, 0) is 5.41 Å². The Hall–Kier alpha value is -8.21. The lowest BCUT2D eigenvalue weighted by molar-refractivity contribution is 0.436. The van der Waals surface area contributed by atoms with Crippen LogP contribution in [0.2, 0.25) is 0 Å². The number of aromatic nitrogens is 3. The van der Waals surface area contributed by atoms with Gasteiger partial charge < -0.3 is 4.74 Å². The molecule has 0 radical (unpaired) electrons. The Bertz CT molecular complexity index is 3240. The van der Waals surface area contributed by atoms with Crippen LogP contribution in [0.25, 0.3) is 78.7 Å².